The standard InChI is InChI=1S/C16H13BrO3S/c1-10-13(17)8-12(15(18)20-2)9-14(10)21-16(19)11-6-4-3-5-7-11/h3-9H,1-2H3. The molecule has 2 aromatic rings. The van der Waals surface area contributed by atoms with E-state index in [0.29, 0.717) is 11.1 Å². The molecule has 0 bridgehead atoms. The predicted molar refractivity (Wildman–Crippen MR) is 86.8 cm³/mol. The Labute approximate surface area is 135 Å². The fraction of sp³-hybridized carbons (Fsp3) is 0.125. The van der Waals surface area contributed by atoms with Crippen molar-refractivity contribution in [1.82, 2.24) is 0 Å². The van der Waals surface area contributed by atoms with E-state index in [2.05, 4.69) is 15.9 Å². The fourth-order valence-corrected chi connectivity index (χ4v) is 3.22. The molecule has 0 amide bonds. The van der Waals surface area contributed by atoms with E-state index >= 15 is 0 Å². The van der Waals surface area contributed by atoms with Gasteiger partial charge in [0.05, 0.1) is 12.7 Å². The number of benzene rings is 2. The zero-order valence-corrected chi connectivity index (χ0v) is 14.0. The maximum Gasteiger partial charge on any atom is 0.337 e. The lowest BCUT2D eigenvalue weighted by Crippen LogP contribution is -2.03. The Balaban J connectivity index is 2.33. The molecule has 0 saturated heterocycles. The number of carbonyl (C=O) groups excluding carboxylic acids is 2. The van der Waals surface area contributed by atoms with E-state index in [-0.39, 0.29) is 5.12 Å². The number of halogens is 1. The first-order valence-corrected chi connectivity index (χ1v) is 7.79. The van der Waals surface area contributed by atoms with Gasteiger partial charge in [0.15, 0.2) is 0 Å². The lowest BCUT2D eigenvalue weighted by Gasteiger charge is -2.09. The SMILES string of the molecule is COC(=O)c1cc(Br)c(C)c(SC(=O)c2ccccc2)c1. The molecular formula is C16H13BrO3S. The van der Waals surface area contributed by atoms with Crippen molar-refractivity contribution in [2.45, 2.75) is 11.8 Å². The zero-order valence-electron chi connectivity index (χ0n) is 11.6. The van der Waals surface area contributed by atoms with Gasteiger partial charge in [0.25, 0.3) is 0 Å². The van der Waals surface area contributed by atoms with Crippen molar-refractivity contribution in [3.05, 3.63) is 63.6 Å². The predicted octanol–water partition coefficient (Wildman–Crippen LogP) is 4.48. The monoisotopic (exact) mass is 364 g/mol. The third kappa shape index (κ3) is 3.74. The van der Waals surface area contributed by atoms with Gasteiger partial charge in [0.2, 0.25) is 5.12 Å². The third-order valence-electron chi connectivity index (χ3n) is 2.93. The average molecular weight is 365 g/mol. The number of rotatable bonds is 3. The molecule has 0 radical (unpaired) electrons. The van der Waals surface area contributed by atoms with Crippen molar-refractivity contribution in [2.75, 3.05) is 7.11 Å². The molecule has 0 aliphatic carbocycles. The normalized spacial score (nSPS) is 10.2. The second kappa shape index (κ2) is 6.91. The Kier molecular flexibility index (Phi) is 5.20. The molecule has 2 rings (SSSR count). The summed E-state index contributed by atoms with van der Waals surface area (Å²) in [7, 11) is 1.33. The van der Waals surface area contributed by atoms with Crippen LogP contribution in [0.15, 0.2) is 51.8 Å². The Morgan fingerprint density at radius 2 is 1.76 bits per heavy atom. The molecule has 0 aliphatic rings. The van der Waals surface area contributed by atoms with Crippen LogP contribution in [0.4, 0.5) is 0 Å². The van der Waals surface area contributed by atoms with Crippen LogP contribution in [-0.2, 0) is 4.74 Å². The van der Waals surface area contributed by atoms with E-state index in [1.54, 1.807) is 24.3 Å². The fourth-order valence-electron chi connectivity index (χ4n) is 1.73. The highest BCUT2D eigenvalue weighted by Gasteiger charge is 2.15. The van der Waals surface area contributed by atoms with Crippen molar-refractivity contribution < 1.29 is 14.3 Å². The lowest BCUT2D eigenvalue weighted by atomic mass is 10.1. The van der Waals surface area contributed by atoms with Crippen LogP contribution in [-0.4, -0.2) is 18.2 Å². The summed E-state index contributed by atoms with van der Waals surface area (Å²) in [6.07, 6.45) is 0. The minimum absolute atomic E-state index is 0.0624. The molecule has 0 aliphatic heterocycles. The molecule has 0 saturated carbocycles. The van der Waals surface area contributed by atoms with Crippen molar-refractivity contribution in [1.29, 1.82) is 0 Å². The minimum atomic E-state index is -0.426. The van der Waals surface area contributed by atoms with Crippen LogP contribution in [0.2, 0.25) is 0 Å². The number of ether oxygens (including phenoxy) is 1. The van der Waals surface area contributed by atoms with Crippen LogP contribution in [0.5, 0.6) is 0 Å². The number of carbonyl (C=O) groups is 2. The van der Waals surface area contributed by atoms with Gasteiger partial charge in [-0.1, -0.05) is 46.3 Å². The summed E-state index contributed by atoms with van der Waals surface area (Å²) in [4.78, 5) is 24.6. The summed E-state index contributed by atoms with van der Waals surface area (Å²) in [5.74, 6) is -0.426. The van der Waals surface area contributed by atoms with Crippen LogP contribution in [0.3, 0.4) is 0 Å². The van der Waals surface area contributed by atoms with Gasteiger partial charge in [-0.2, -0.15) is 0 Å². The first kappa shape index (κ1) is 15.8. The molecular weight excluding hydrogens is 352 g/mol. The van der Waals surface area contributed by atoms with E-state index in [4.69, 9.17) is 4.74 Å². The highest BCUT2D eigenvalue weighted by atomic mass is 79.9. The van der Waals surface area contributed by atoms with Crippen LogP contribution in [0.25, 0.3) is 0 Å². The second-order valence-corrected chi connectivity index (χ2v) is 6.20. The van der Waals surface area contributed by atoms with Crippen LogP contribution in [0.1, 0.15) is 26.3 Å². The number of methoxy groups -OCH3 is 1. The molecule has 0 fully saturated rings. The van der Waals surface area contributed by atoms with Crippen LogP contribution >= 0.6 is 27.7 Å². The number of esters is 1. The summed E-state index contributed by atoms with van der Waals surface area (Å²) < 4.78 is 5.49. The number of hydrogen-bond donors (Lipinski definition) is 0. The van der Waals surface area contributed by atoms with Crippen molar-refractivity contribution in [2.24, 2.45) is 0 Å². The Hall–Kier alpha value is -1.59. The van der Waals surface area contributed by atoms with Gasteiger partial charge in [-0.05, 0) is 36.4 Å². The molecule has 0 atom stereocenters. The minimum Gasteiger partial charge on any atom is -0.465 e. The largest absolute Gasteiger partial charge is 0.465 e. The molecule has 21 heavy (non-hydrogen) atoms. The summed E-state index contributed by atoms with van der Waals surface area (Å²) >= 11 is 4.51. The number of hydrogen-bond acceptors (Lipinski definition) is 4. The van der Waals surface area contributed by atoms with Crippen molar-refractivity contribution >= 4 is 38.8 Å². The highest BCUT2D eigenvalue weighted by molar-refractivity contribution is 9.10. The van der Waals surface area contributed by atoms with Gasteiger partial charge in [-0.3, -0.25) is 4.79 Å². The van der Waals surface area contributed by atoms with Crippen molar-refractivity contribution in [3.63, 3.8) is 0 Å². The zero-order chi connectivity index (χ0) is 15.4. The molecule has 0 N–H and O–H groups in total. The maximum absolute atomic E-state index is 12.3. The molecule has 2 aromatic carbocycles. The van der Waals surface area contributed by atoms with Gasteiger partial charge < -0.3 is 4.74 Å². The average Bonchev–Trinajstić information content (AvgIpc) is 2.51. The molecule has 0 unspecified atom stereocenters. The molecule has 5 heteroatoms. The molecule has 108 valence electrons. The van der Waals surface area contributed by atoms with E-state index in [1.165, 1.54) is 7.11 Å². The topological polar surface area (TPSA) is 43.4 Å². The number of thioether (sulfide) groups is 1. The summed E-state index contributed by atoms with van der Waals surface area (Å²) in [6.45, 7) is 1.89. The van der Waals surface area contributed by atoms with Crippen LogP contribution < -0.4 is 0 Å². The van der Waals surface area contributed by atoms with Gasteiger partial charge in [0, 0.05) is 14.9 Å². The first-order valence-electron chi connectivity index (χ1n) is 6.18. The smallest absolute Gasteiger partial charge is 0.337 e. The van der Waals surface area contributed by atoms with E-state index < -0.39 is 5.97 Å². The summed E-state index contributed by atoms with van der Waals surface area (Å²) in [5, 5.41) is -0.0624. The maximum atomic E-state index is 12.3. The molecule has 0 heterocycles. The Morgan fingerprint density at radius 3 is 2.38 bits per heavy atom. The van der Waals surface area contributed by atoms with Crippen molar-refractivity contribution in [3.8, 4) is 0 Å². The highest BCUT2D eigenvalue weighted by Crippen LogP contribution is 2.32. The Morgan fingerprint density at radius 1 is 1.10 bits per heavy atom. The summed E-state index contributed by atoms with van der Waals surface area (Å²) in [5.41, 5.74) is 1.96. The molecule has 0 aromatic heterocycles. The second-order valence-electron chi connectivity index (χ2n) is 4.33. The van der Waals surface area contributed by atoms with Gasteiger partial charge in [0.1, 0.15) is 0 Å². The van der Waals surface area contributed by atoms with Crippen LogP contribution in [0, 0.1) is 6.92 Å². The van der Waals surface area contributed by atoms with E-state index in [0.717, 1.165) is 26.7 Å². The van der Waals surface area contributed by atoms with Gasteiger partial charge in [-0.15, -0.1) is 0 Å². The molecule has 0 spiro atoms. The third-order valence-corrected chi connectivity index (χ3v) is 4.82. The lowest BCUT2D eigenvalue weighted by molar-refractivity contribution is 0.0600. The van der Waals surface area contributed by atoms with E-state index in [1.807, 2.05) is 25.1 Å². The summed E-state index contributed by atoms with van der Waals surface area (Å²) in [6, 6.07) is 12.4. The van der Waals surface area contributed by atoms with Gasteiger partial charge >= 0.3 is 5.97 Å². The molecule has 3 nitrogen and oxygen atoms in total. The first-order chi connectivity index (χ1) is 10.0. The van der Waals surface area contributed by atoms with Gasteiger partial charge in [-0.25, -0.2) is 4.79 Å². The van der Waals surface area contributed by atoms with E-state index in [9.17, 15) is 9.59 Å². The Bertz CT molecular complexity index is 683. The quantitative estimate of drug-likeness (QED) is 0.594.